The van der Waals surface area contributed by atoms with Crippen molar-refractivity contribution in [3.8, 4) is 0 Å². The first kappa shape index (κ1) is 11.5. The lowest BCUT2D eigenvalue weighted by atomic mass is 9.85. The van der Waals surface area contributed by atoms with E-state index in [1.165, 1.54) is 6.42 Å². The first-order valence-electron chi connectivity index (χ1n) is 5.43. The fraction of sp³-hybridized carbons (Fsp3) is 0.900. The summed E-state index contributed by atoms with van der Waals surface area (Å²) in [7, 11) is 1.71. The monoisotopic (exact) mass is 199 g/mol. The predicted molar refractivity (Wildman–Crippen MR) is 56.9 cm³/mol. The van der Waals surface area contributed by atoms with Gasteiger partial charge in [-0.2, -0.15) is 0 Å². The Bertz CT molecular complexity index is 184. The molecule has 82 valence electrons. The van der Waals surface area contributed by atoms with Gasteiger partial charge in [0.2, 0.25) is 5.91 Å². The SMILES string of the molecule is CNC(=O)C1CCCC(NCCN)C1. The standard InChI is InChI=1S/C10H21N3O/c1-12-10(14)8-3-2-4-9(7-8)13-6-5-11/h8-9,13H,2-7,11H2,1H3,(H,12,14). The third-order valence-corrected chi connectivity index (χ3v) is 2.87. The molecule has 0 spiro atoms. The zero-order valence-electron chi connectivity index (χ0n) is 8.88. The van der Waals surface area contributed by atoms with Crippen LogP contribution in [-0.4, -0.2) is 32.1 Å². The number of amides is 1. The number of nitrogens with one attached hydrogen (secondary N) is 2. The molecule has 0 saturated heterocycles. The maximum Gasteiger partial charge on any atom is 0.222 e. The van der Waals surface area contributed by atoms with E-state index in [0.29, 0.717) is 12.6 Å². The molecule has 2 unspecified atom stereocenters. The second-order valence-electron chi connectivity index (χ2n) is 3.92. The summed E-state index contributed by atoms with van der Waals surface area (Å²) in [6, 6.07) is 0.481. The first-order chi connectivity index (χ1) is 6.77. The molecule has 4 heteroatoms. The van der Waals surface area contributed by atoms with Gasteiger partial charge in [-0.3, -0.25) is 4.79 Å². The van der Waals surface area contributed by atoms with Crippen LogP contribution in [0.1, 0.15) is 25.7 Å². The Hall–Kier alpha value is -0.610. The molecule has 4 N–H and O–H groups in total. The molecule has 1 fully saturated rings. The normalized spacial score (nSPS) is 27.3. The summed E-state index contributed by atoms with van der Waals surface area (Å²) in [4.78, 5) is 11.4. The molecule has 0 radical (unpaired) electrons. The molecule has 0 aromatic carbocycles. The summed E-state index contributed by atoms with van der Waals surface area (Å²) < 4.78 is 0. The molecular formula is C10H21N3O. The average Bonchev–Trinajstić information content (AvgIpc) is 2.25. The molecule has 1 aliphatic rings. The molecular weight excluding hydrogens is 178 g/mol. The quantitative estimate of drug-likeness (QED) is 0.589. The van der Waals surface area contributed by atoms with Crippen molar-refractivity contribution in [3.05, 3.63) is 0 Å². The van der Waals surface area contributed by atoms with Crippen LogP contribution in [0, 0.1) is 5.92 Å². The van der Waals surface area contributed by atoms with Crippen molar-refractivity contribution in [1.29, 1.82) is 0 Å². The molecule has 1 aliphatic carbocycles. The third kappa shape index (κ3) is 3.27. The number of rotatable bonds is 4. The van der Waals surface area contributed by atoms with Crippen LogP contribution in [0.2, 0.25) is 0 Å². The highest BCUT2D eigenvalue weighted by Gasteiger charge is 2.25. The van der Waals surface area contributed by atoms with Gasteiger partial charge in [0.05, 0.1) is 0 Å². The van der Waals surface area contributed by atoms with Crippen molar-refractivity contribution in [1.82, 2.24) is 10.6 Å². The van der Waals surface area contributed by atoms with Gasteiger partial charge in [0, 0.05) is 32.1 Å². The molecule has 4 nitrogen and oxygen atoms in total. The fourth-order valence-electron chi connectivity index (χ4n) is 2.10. The highest BCUT2D eigenvalue weighted by Crippen LogP contribution is 2.24. The molecule has 1 saturated carbocycles. The van der Waals surface area contributed by atoms with Crippen molar-refractivity contribution in [2.45, 2.75) is 31.7 Å². The molecule has 1 rings (SSSR count). The third-order valence-electron chi connectivity index (χ3n) is 2.87. The topological polar surface area (TPSA) is 67.2 Å². The maximum absolute atomic E-state index is 11.4. The van der Waals surface area contributed by atoms with E-state index < -0.39 is 0 Å². The molecule has 14 heavy (non-hydrogen) atoms. The highest BCUT2D eigenvalue weighted by molar-refractivity contribution is 5.78. The minimum atomic E-state index is 0.184. The fourth-order valence-corrected chi connectivity index (χ4v) is 2.10. The molecule has 2 atom stereocenters. The smallest absolute Gasteiger partial charge is 0.222 e. The summed E-state index contributed by atoms with van der Waals surface area (Å²) >= 11 is 0. The lowest BCUT2D eigenvalue weighted by Crippen LogP contribution is -2.40. The van der Waals surface area contributed by atoms with E-state index in [9.17, 15) is 4.79 Å². The van der Waals surface area contributed by atoms with Gasteiger partial charge in [0.25, 0.3) is 0 Å². The zero-order valence-corrected chi connectivity index (χ0v) is 8.88. The van der Waals surface area contributed by atoms with Crippen molar-refractivity contribution < 1.29 is 4.79 Å². The van der Waals surface area contributed by atoms with Crippen molar-refractivity contribution in [2.24, 2.45) is 11.7 Å². The Morgan fingerprint density at radius 3 is 2.93 bits per heavy atom. The summed E-state index contributed by atoms with van der Waals surface area (Å²) in [5.41, 5.74) is 5.42. The Balaban J connectivity index is 2.31. The second-order valence-corrected chi connectivity index (χ2v) is 3.92. The van der Waals surface area contributed by atoms with E-state index in [-0.39, 0.29) is 11.8 Å². The Morgan fingerprint density at radius 1 is 1.50 bits per heavy atom. The number of carbonyl (C=O) groups excluding carboxylic acids is 1. The minimum Gasteiger partial charge on any atom is -0.359 e. The largest absolute Gasteiger partial charge is 0.359 e. The van der Waals surface area contributed by atoms with E-state index >= 15 is 0 Å². The Kier molecular flexibility index (Phi) is 4.90. The van der Waals surface area contributed by atoms with Gasteiger partial charge in [-0.15, -0.1) is 0 Å². The van der Waals surface area contributed by atoms with Gasteiger partial charge in [0.15, 0.2) is 0 Å². The van der Waals surface area contributed by atoms with Gasteiger partial charge < -0.3 is 16.4 Å². The van der Waals surface area contributed by atoms with Crippen LogP contribution in [0.25, 0.3) is 0 Å². The zero-order chi connectivity index (χ0) is 10.4. The summed E-state index contributed by atoms with van der Waals surface area (Å²) in [6.07, 6.45) is 4.30. The minimum absolute atomic E-state index is 0.184. The van der Waals surface area contributed by atoms with Gasteiger partial charge in [-0.05, 0) is 19.3 Å². The summed E-state index contributed by atoms with van der Waals surface area (Å²) in [5.74, 6) is 0.383. The summed E-state index contributed by atoms with van der Waals surface area (Å²) in [5, 5.41) is 6.10. The van der Waals surface area contributed by atoms with E-state index in [2.05, 4.69) is 10.6 Å². The van der Waals surface area contributed by atoms with Gasteiger partial charge in [-0.1, -0.05) is 6.42 Å². The average molecular weight is 199 g/mol. The van der Waals surface area contributed by atoms with Crippen molar-refractivity contribution >= 4 is 5.91 Å². The van der Waals surface area contributed by atoms with E-state index in [4.69, 9.17) is 5.73 Å². The first-order valence-corrected chi connectivity index (χ1v) is 5.43. The van der Waals surface area contributed by atoms with Gasteiger partial charge >= 0.3 is 0 Å². The van der Waals surface area contributed by atoms with E-state index in [1.807, 2.05) is 0 Å². The summed E-state index contributed by atoms with van der Waals surface area (Å²) in [6.45, 7) is 1.52. The van der Waals surface area contributed by atoms with Crippen LogP contribution >= 0.6 is 0 Å². The van der Waals surface area contributed by atoms with Crippen LogP contribution in [0.15, 0.2) is 0 Å². The lowest BCUT2D eigenvalue weighted by molar-refractivity contribution is -0.125. The molecule has 0 bridgehead atoms. The Labute approximate surface area is 85.6 Å². The van der Waals surface area contributed by atoms with Crippen LogP contribution in [0.4, 0.5) is 0 Å². The van der Waals surface area contributed by atoms with E-state index in [1.54, 1.807) is 7.05 Å². The molecule has 0 aromatic rings. The van der Waals surface area contributed by atoms with Gasteiger partial charge in [0.1, 0.15) is 0 Å². The number of hydrogen-bond donors (Lipinski definition) is 3. The number of carbonyl (C=O) groups is 1. The molecule has 0 aromatic heterocycles. The Morgan fingerprint density at radius 2 is 2.29 bits per heavy atom. The van der Waals surface area contributed by atoms with Crippen LogP contribution < -0.4 is 16.4 Å². The van der Waals surface area contributed by atoms with E-state index in [0.717, 1.165) is 25.8 Å². The predicted octanol–water partition coefficient (Wildman–Crippen LogP) is -0.160. The van der Waals surface area contributed by atoms with Crippen LogP contribution in [0.3, 0.4) is 0 Å². The molecule has 1 amide bonds. The van der Waals surface area contributed by atoms with Crippen LogP contribution in [0.5, 0.6) is 0 Å². The van der Waals surface area contributed by atoms with Crippen LogP contribution in [-0.2, 0) is 4.79 Å². The second kappa shape index (κ2) is 5.98. The lowest BCUT2D eigenvalue weighted by Gasteiger charge is -2.28. The van der Waals surface area contributed by atoms with Crippen molar-refractivity contribution in [2.75, 3.05) is 20.1 Å². The maximum atomic E-state index is 11.4. The number of hydrogen-bond acceptors (Lipinski definition) is 3. The highest BCUT2D eigenvalue weighted by atomic mass is 16.1. The van der Waals surface area contributed by atoms with Gasteiger partial charge in [-0.25, -0.2) is 0 Å². The number of nitrogens with two attached hydrogens (primary N) is 1. The molecule has 0 aliphatic heterocycles. The molecule has 0 heterocycles. The van der Waals surface area contributed by atoms with Crippen molar-refractivity contribution in [3.63, 3.8) is 0 Å².